The number of allylic oxidation sites excluding steroid dienone is 6. The average molecular weight is 832 g/mol. The van der Waals surface area contributed by atoms with Crippen LogP contribution in [0.25, 0.3) is 0 Å². The normalized spacial score (nSPS) is 20.2. The maximum Gasteiger partial charge on any atom is 0.514 e. The van der Waals surface area contributed by atoms with Gasteiger partial charge in [0.25, 0.3) is 0 Å². The van der Waals surface area contributed by atoms with E-state index in [0.29, 0.717) is 99.8 Å². The van der Waals surface area contributed by atoms with E-state index < -0.39 is 36.4 Å². The summed E-state index contributed by atoms with van der Waals surface area (Å²) in [6, 6.07) is 0. The van der Waals surface area contributed by atoms with Crippen molar-refractivity contribution in [1.82, 2.24) is 4.98 Å². The number of pyridine rings is 1. The molecule has 0 aliphatic heterocycles. The molecule has 3 rings (SSSR count). The summed E-state index contributed by atoms with van der Waals surface area (Å²) < 4.78 is 28.2. The monoisotopic (exact) mass is 831 g/mol. The minimum atomic E-state index is -0.982. The first-order valence-corrected chi connectivity index (χ1v) is 21.4. The van der Waals surface area contributed by atoms with E-state index in [1.165, 1.54) is 11.8 Å². The van der Waals surface area contributed by atoms with Crippen LogP contribution in [0.3, 0.4) is 0 Å². The fourth-order valence-corrected chi connectivity index (χ4v) is 7.51. The smallest absolute Gasteiger partial charge is 0.463 e. The zero-order valence-corrected chi connectivity index (χ0v) is 35.9. The Morgan fingerprint density at radius 3 is 2.23 bits per heavy atom. The minimum absolute atomic E-state index is 0.0304. The SMILES string of the molecule is C#CCCCC(=O)OCc1cnc(C)c(OC(=O)O[C@@H](CCC2=CC=CCC2C)CC[C@@H]2[C@@H](C/C=C\CCCC(=O)OC(C)C)[C@@H](O)C[C@H]2O)c1COC(=O)CCCC#C. The molecule has 0 saturated heterocycles. The highest BCUT2D eigenvalue weighted by Crippen LogP contribution is 2.39. The first-order chi connectivity index (χ1) is 28.8. The first-order valence-electron chi connectivity index (χ1n) is 21.4. The lowest BCUT2D eigenvalue weighted by molar-refractivity contribution is -0.147. The van der Waals surface area contributed by atoms with E-state index in [-0.39, 0.29) is 62.1 Å². The average Bonchev–Trinajstić information content (AvgIpc) is 3.47. The molecule has 1 unspecified atom stereocenters. The zero-order valence-electron chi connectivity index (χ0n) is 35.9. The highest BCUT2D eigenvalue weighted by atomic mass is 16.7. The predicted octanol–water partition coefficient (Wildman–Crippen LogP) is 8.48. The zero-order chi connectivity index (χ0) is 43.9. The van der Waals surface area contributed by atoms with Gasteiger partial charge in [0.15, 0.2) is 5.75 Å². The van der Waals surface area contributed by atoms with Crippen LogP contribution in [-0.4, -0.2) is 63.7 Å². The van der Waals surface area contributed by atoms with Crippen molar-refractivity contribution in [3.63, 3.8) is 0 Å². The molecule has 0 spiro atoms. The van der Waals surface area contributed by atoms with Crippen LogP contribution in [0.15, 0.2) is 42.2 Å². The predicted molar refractivity (Wildman–Crippen MR) is 227 cm³/mol. The fourth-order valence-electron chi connectivity index (χ4n) is 7.51. The topological polar surface area (TPSA) is 168 Å². The summed E-state index contributed by atoms with van der Waals surface area (Å²) in [4.78, 5) is 55.0. The Bertz CT molecular complexity index is 1730. The highest BCUT2D eigenvalue weighted by Gasteiger charge is 2.41. The lowest BCUT2D eigenvalue weighted by Crippen LogP contribution is -2.27. The van der Waals surface area contributed by atoms with Crippen molar-refractivity contribution in [2.45, 2.75) is 168 Å². The van der Waals surface area contributed by atoms with E-state index in [1.807, 2.05) is 32.1 Å². The van der Waals surface area contributed by atoms with Gasteiger partial charge in [0, 0.05) is 49.4 Å². The summed E-state index contributed by atoms with van der Waals surface area (Å²) >= 11 is 0. The second-order valence-electron chi connectivity index (χ2n) is 16.0. The summed E-state index contributed by atoms with van der Waals surface area (Å²) in [6.07, 6.45) is 26.7. The third kappa shape index (κ3) is 17.7. The summed E-state index contributed by atoms with van der Waals surface area (Å²) in [6.45, 7) is 6.95. The molecule has 2 aliphatic carbocycles. The van der Waals surface area contributed by atoms with E-state index >= 15 is 0 Å². The molecule has 1 aromatic heterocycles. The van der Waals surface area contributed by atoms with E-state index in [2.05, 4.69) is 35.9 Å². The van der Waals surface area contributed by atoms with Crippen molar-refractivity contribution in [3.05, 3.63) is 59.0 Å². The van der Waals surface area contributed by atoms with Crippen LogP contribution < -0.4 is 4.74 Å². The van der Waals surface area contributed by atoms with Crippen molar-refractivity contribution in [2.24, 2.45) is 17.8 Å². The van der Waals surface area contributed by atoms with Gasteiger partial charge in [-0.15, -0.1) is 24.7 Å². The molecule has 60 heavy (non-hydrogen) atoms. The number of aliphatic hydroxyl groups is 2. The number of terminal acetylenes is 2. The first kappa shape index (κ1) is 49.5. The van der Waals surface area contributed by atoms with Gasteiger partial charge < -0.3 is 33.9 Å². The van der Waals surface area contributed by atoms with Gasteiger partial charge in [0.05, 0.1) is 24.0 Å². The third-order valence-electron chi connectivity index (χ3n) is 10.9. The van der Waals surface area contributed by atoms with Gasteiger partial charge in [-0.25, -0.2) is 4.79 Å². The molecule has 12 heteroatoms. The number of hydrogen-bond acceptors (Lipinski definition) is 12. The van der Waals surface area contributed by atoms with Crippen molar-refractivity contribution in [1.29, 1.82) is 0 Å². The Morgan fingerprint density at radius 1 is 0.900 bits per heavy atom. The lowest BCUT2D eigenvalue weighted by atomic mass is 9.84. The molecule has 2 N–H and O–H groups in total. The van der Waals surface area contributed by atoms with Crippen molar-refractivity contribution in [2.75, 3.05) is 0 Å². The Labute approximate surface area is 356 Å². The van der Waals surface area contributed by atoms with Gasteiger partial charge in [0.2, 0.25) is 0 Å². The van der Waals surface area contributed by atoms with Crippen LogP contribution in [0.5, 0.6) is 5.75 Å². The summed E-state index contributed by atoms with van der Waals surface area (Å²) in [5.41, 5.74) is 2.26. The van der Waals surface area contributed by atoms with Crippen LogP contribution in [0.1, 0.15) is 140 Å². The molecule has 0 bridgehead atoms. The molecule has 2 aliphatic rings. The molecule has 1 heterocycles. The van der Waals surface area contributed by atoms with E-state index in [0.717, 1.165) is 6.42 Å². The number of aryl methyl sites for hydroxylation is 1. The number of hydrogen-bond donors (Lipinski definition) is 2. The van der Waals surface area contributed by atoms with Crippen molar-refractivity contribution in [3.8, 4) is 30.4 Å². The molecule has 1 saturated carbocycles. The van der Waals surface area contributed by atoms with Crippen LogP contribution in [0, 0.1) is 49.4 Å². The molecule has 6 atom stereocenters. The maximum absolute atomic E-state index is 13.7. The van der Waals surface area contributed by atoms with Gasteiger partial charge in [-0.1, -0.05) is 42.9 Å². The molecule has 1 fully saturated rings. The summed E-state index contributed by atoms with van der Waals surface area (Å²) in [5, 5.41) is 22.0. The Balaban J connectivity index is 1.77. The highest BCUT2D eigenvalue weighted by molar-refractivity contribution is 5.71. The maximum atomic E-state index is 13.7. The van der Waals surface area contributed by atoms with Gasteiger partial charge in [-0.2, -0.15) is 0 Å². The van der Waals surface area contributed by atoms with E-state index in [1.54, 1.807) is 6.92 Å². The quantitative estimate of drug-likeness (QED) is 0.0318. The number of unbranched alkanes of at least 4 members (excludes halogenated alkanes) is 3. The van der Waals surface area contributed by atoms with Crippen LogP contribution >= 0.6 is 0 Å². The number of rotatable bonds is 25. The number of nitrogens with zero attached hydrogens (tertiary/aromatic N) is 1. The van der Waals surface area contributed by atoms with Crippen LogP contribution in [0.4, 0.5) is 4.79 Å². The van der Waals surface area contributed by atoms with Gasteiger partial charge in [-0.05, 0) is 109 Å². The second-order valence-corrected chi connectivity index (χ2v) is 16.0. The molecule has 0 aromatic carbocycles. The Hall–Kier alpha value is -4.91. The second kappa shape index (κ2) is 27.0. The number of carbonyl (C=O) groups is 4. The fraction of sp³-hybridized carbons (Fsp3) is 0.604. The van der Waals surface area contributed by atoms with Gasteiger partial charge in [0.1, 0.15) is 19.3 Å². The molecule has 328 valence electrons. The number of aliphatic hydroxyl groups excluding tert-OH is 2. The number of esters is 3. The standard InChI is InChI=1S/C48H65NO11/c1-7-9-13-22-44(52)56-31-37-30-49-35(6)47(41(37)32-57-45(53)23-14-10-8-2)60-48(55)59-38(26-25-36-20-18-17-19-34(36)5)27-28-40-39(42(50)29-43(40)51)21-15-11-12-16-24-46(54)58-33(3)4/h1-2,11,15,17-18,20,30,33-34,38-40,42-43,50-51H,9-10,12-14,16,19,21-29,31-32H2,3-6H3/b15-11-/t34?,38-,39+,40+,42-,43+/m0/s1. The molecule has 12 nitrogen and oxygen atoms in total. The summed E-state index contributed by atoms with van der Waals surface area (Å²) in [7, 11) is 0. The Kier molecular flexibility index (Phi) is 22.3. The molecular weight excluding hydrogens is 767 g/mol. The van der Waals surface area contributed by atoms with Crippen molar-refractivity contribution < 1.29 is 53.1 Å². The Morgan fingerprint density at radius 2 is 1.57 bits per heavy atom. The number of carbonyl (C=O) groups excluding carboxylic acids is 4. The third-order valence-corrected chi connectivity index (χ3v) is 10.9. The summed E-state index contributed by atoms with van der Waals surface area (Å²) in [5.74, 6) is 3.74. The van der Waals surface area contributed by atoms with Gasteiger partial charge >= 0.3 is 24.1 Å². The lowest BCUT2D eigenvalue weighted by Gasteiger charge is -2.26. The van der Waals surface area contributed by atoms with Crippen LogP contribution in [0.2, 0.25) is 0 Å². The molecular formula is C48H65NO11. The van der Waals surface area contributed by atoms with Crippen molar-refractivity contribution >= 4 is 24.1 Å². The van der Waals surface area contributed by atoms with Crippen LogP contribution in [-0.2, 0) is 46.5 Å². The molecule has 1 aromatic rings. The minimum Gasteiger partial charge on any atom is -0.463 e. The van der Waals surface area contributed by atoms with E-state index in [4.69, 9.17) is 36.5 Å². The molecule has 0 amide bonds. The van der Waals surface area contributed by atoms with E-state index in [9.17, 15) is 29.4 Å². The number of aromatic nitrogens is 1. The molecule has 0 radical (unpaired) electrons. The largest absolute Gasteiger partial charge is 0.514 e. The number of ether oxygens (including phenoxy) is 5. The van der Waals surface area contributed by atoms with Gasteiger partial charge in [-0.3, -0.25) is 19.4 Å².